The van der Waals surface area contributed by atoms with Gasteiger partial charge in [-0.3, -0.25) is 4.79 Å². The first kappa shape index (κ1) is 21.4. The van der Waals surface area contributed by atoms with Gasteiger partial charge in [0, 0.05) is 11.8 Å². The summed E-state index contributed by atoms with van der Waals surface area (Å²) in [6.45, 7) is 3.54. The predicted molar refractivity (Wildman–Crippen MR) is 108 cm³/mol. The average Bonchev–Trinajstić information content (AvgIpc) is 3.23. The molecule has 3 aromatic rings. The van der Waals surface area contributed by atoms with Gasteiger partial charge in [0.15, 0.2) is 0 Å². The molecule has 0 saturated carbocycles. The van der Waals surface area contributed by atoms with E-state index in [0.717, 1.165) is 11.4 Å². The number of hydrogen-bond acceptors (Lipinski definition) is 7. The fraction of sp³-hybridized carbons (Fsp3) is 0.150. The van der Waals surface area contributed by atoms with Crippen molar-refractivity contribution in [2.24, 2.45) is 5.10 Å². The Labute approximate surface area is 173 Å². The van der Waals surface area contributed by atoms with Gasteiger partial charge >= 0.3 is 0 Å². The van der Waals surface area contributed by atoms with Gasteiger partial charge in [0.25, 0.3) is 5.91 Å². The monoisotopic (exact) mass is 426 g/mol. The summed E-state index contributed by atoms with van der Waals surface area (Å²) < 4.78 is 16.2. The summed E-state index contributed by atoms with van der Waals surface area (Å²) in [5, 5.41) is 9.65. The average molecular weight is 426 g/mol. The van der Waals surface area contributed by atoms with E-state index in [1.807, 2.05) is 43.3 Å². The molecule has 0 N–H and O–H groups in total. The Kier molecular flexibility index (Phi) is 6.47. The molecular weight excluding hydrogens is 407 g/mol. The number of phosphoric acid groups is 1. The summed E-state index contributed by atoms with van der Waals surface area (Å²) in [6.07, 6.45) is 0.439. The second-order valence-corrected chi connectivity index (χ2v) is 7.54. The van der Waals surface area contributed by atoms with Gasteiger partial charge in [0.2, 0.25) is 5.88 Å². The number of carbonyl (C=O) groups excluding carboxylic acids is 1. The minimum Gasteiger partial charge on any atom is -0.780 e. The van der Waals surface area contributed by atoms with Crippen LogP contribution in [0.5, 0.6) is 5.88 Å². The van der Waals surface area contributed by atoms with Crippen LogP contribution in [0.4, 0.5) is 5.69 Å². The number of nitrogens with zero attached hydrogens (tertiary/aromatic N) is 4. The maximum Gasteiger partial charge on any atom is 0.253 e. The van der Waals surface area contributed by atoms with Crippen LogP contribution in [0.2, 0.25) is 0 Å². The first-order valence-electron chi connectivity index (χ1n) is 8.99. The van der Waals surface area contributed by atoms with Gasteiger partial charge in [0.1, 0.15) is 7.82 Å². The SMILES string of the molecule is CC1=NN(c2ccccc2)C(=O)C1.Cc1cc(OP(=O)([O-])[O-])n(-c2ccccc2)n1. The molecule has 1 aliphatic rings. The quantitative estimate of drug-likeness (QED) is 0.589. The standard InChI is InChI=1S/C10H11N2O4P.C10H10N2O/c1-8-7-10(16-17(13,14)15)12(11-8)9-5-3-2-4-6-9;1-8-7-10(13)12(11-8)9-5-3-2-4-6-9/h2-7H,1H3,(H2,13,14,15);2-6H,7H2,1H3/p-2. The predicted octanol–water partition coefficient (Wildman–Crippen LogP) is 2.19. The molecule has 156 valence electrons. The Bertz CT molecular complexity index is 1090. The molecule has 1 aliphatic heterocycles. The number of rotatable bonds is 4. The van der Waals surface area contributed by atoms with Gasteiger partial charge in [-0.25, -0.2) is 9.69 Å². The number of phosphoric ester groups is 1. The largest absolute Gasteiger partial charge is 0.780 e. The Morgan fingerprint density at radius 2 is 1.53 bits per heavy atom. The molecule has 0 radical (unpaired) electrons. The Morgan fingerprint density at radius 3 is 2.03 bits per heavy atom. The lowest BCUT2D eigenvalue weighted by molar-refractivity contribution is -0.334. The molecule has 9 nitrogen and oxygen atoms in total. The number of amides is 1. The molecule has 0 spiro atoms. The molecular formula is C20H19N4O5P-2. The fourth-order valence-corrected chi connectivity index (χ4v) is 3.10. The maximum atomic E-state index is 11.4. The van der Waals surface area contributed by atoms with Gasteiger partial charge in [-0.15, -0.1) is 0 Å². The van der Waals surface area contributed by atoms with Crippen LogP contribution in [0.3, 0.4) is 0 Å². The highest BCUT2D eigenvalue weighted by Gasteiger charge is 2.21. The Morgan fingerprint density at radius 1 is 0.967 bits per heavy atom. The van der Waals surface area contributed by atoms with Crippen molar-refractivity contribution in [3.05, 3.63) is 72.4 Å². The molecule has 2 heterocycles. The lowest BCUT2D eigenvalue weighted by atomic mass is 10.3. The highest BCUT2D eigenvalue weighted by molar-refractivity contribution is 7.43. The number of carbonyl (C=O) groups is 1. The summed E-state index contributed by atoms with van der Waals surface area (Å²) in [7, 11) is -5.08. The number of aromatic nitrogens is 2. The lowest BCUT2D eigenvalue weighted by Gasteiger charge is -2.28. The smallest absolute Gasteiger partial charge is 0.253 e. The van der Waals surface area contributed by atoms with E-state index in [2.05, 4.69) is 14.7 Å². The molecule has 0 atom stereocenters. The third-order valence-corrected chi connectivity index (χ3v) is 4.33. The zero-order valence-electron chi connectivity index (χ0n) is 16.3. The summed E-state index contributed by atoms with van der Waals surface area (Å²) >= 11 is 0. The fourth-order valence-electron chi connectivity index (χ4n) is 2.74. The van der Waals surface area contributed by atoms with Gasteiger partial charge < -0.3 is 18.9 Å². The Balaban J connectivity index is 0.000000177. The second kappa shape index (κ2) is 9.04. The third-order valence-electron chi connectivity index (χ3n) is 3.92. The molecule has 2 aromatic carbocycles. The molecule has 0 bridgehead atoms. The van der Waals surface area contributed by atoms with Crippen molar-refractivity contribution in [1.82, 2.24) is 9.78 Å². The van der Waals surface area contributed by atoms with E-state index in [-0.39, 0.29) is 11.8 Å². The van der Waals surface area contributed by atoms with E-state index >= 15 is 0 Å². The van der Waals surface area contributed by atoms with Crippen LogP contribution in [0, 0.1) is 6.92 Å². The molecule has 0 aliphatic carbocycles. The Hall–Kier alpha value is -3.26. The van der Waals surface area contributed by atoms with Crippen molar-refractivity contribution >= 4 is 25.1 Å². The van der Waals surface area contributed by atoms with Crippen LogP contribution in [0.1, 0.15) is 19.0 Å². The zero-order chi connectivity index (χ0) is 21.7. The van der Waals surface area contributed by atoms with Gasteiger partial charge in [-0.2, -0.15) is 10.2 Å². The van der Waals surface area contributed by atoms with Crippen molar-refractivity contribution in [1.29, 1.82) is 0 Å². The van der Waals surface area contributed by atoms with Gasteiger partial charge in [0.05, 0.1) is 23.5 Å². The molecule has 30 heavy (non-hydrogen) atoms. The van der Waals surface area contributed by atoms with Crippen LogP contribution in [-0.4, -0.2) is 21.4 Å². The normalized spacial score (nSPS) is 13.5. The zero-order valence-corrected chi connectivity index (χ0v) is 17.2. The molecule has 10 heteroatoms. The topological polar surface area (TPSA) is 123 Å². The molecule has 1 amide bonds. The summed E-state index contributed by atoms with van der Waals surface area (Å²) in [6, 6.07) is 19.6. The highest BCUT2D eigenvalue weighted by atomic mass is 31.2. The molecule has 0 saturated heterocycles. The minimum atomic E-state index is -5.08. The van der Waals surface area contributed by atoms with Crippen LogP contribution in [0.15, 0.2) is 71.8 Å². The van der Waals surface area contributed by atoms with Gasteiger partial charge in [-0.1, -0.05) is 36.4 Å². The lowest BCUT2D eigenvalue weighted by Crippen LogP contribution is -2.19. The van der Waals surface area contributed by atoms with Crippen LogP contribution in [0.25, 0.3) is 5.69 Å². The second-order valence-electron chi connectivity index (χ2n) is 6.46. The van der Waals surface area contributed by atoms with Crippen molar-refractivity contribution in [3.63, 3.8) is 0 Å². The van der Waals surface area contributed by atoms with Crippen LogP contribution < -0.4 is 19.3 Å². The van der Waals surface area contributed by atoms with Crippen molar-refractivity contribution in [2.75, 3.05) is 5.01 Å². The summed E-state index contributed by atoms with van der Waals surface area (Å²) in [5.41, 5.74) is 2.87. The molecule has 0 unspecified atom stereocenters. The number of aryl methyl sites for hydroxylation is 1. The van der Waals surface area contributed by atoms with E-state index in [0.29, 0.717) is 17.8 Å². The van der Waals surface area contributed by atoms with E-state index in [9.17, 15) is 19.1 Å². The number of para-hydroxylation sites is 2. The number of hydrogen-bond donors (Lipinski definition) is 0. The molecule has 1 aromatic heterocycles. The number of hydrazone groups is 1. The highest BCUT2D eigenvalue weighted by Crippen LogP contribution is 2.31. The van der Waals surface area contributed by atoms with Crippen LogP contribution in [-0.2, 0) is 9.36 Å². The minimum absolute atomic E-state index is 0.0451. The van der Waals surface area contributed by atoms with E-state index in [4.69, 9.17) is 0 Å². The number of anilines is 1. The van der Waals surface area contributed by atoms with E-state index in [1.165, 1.54) is 15.8 Å². The molecule has 4 rings (SSSR count). The van der Waals surface area contributed by atoms with E-state index < -0.39 is 7.82 Å². The first-order chi connectivity index (χ1) is 14.2. The van der Waals surface area contributed by atoms with Crippen molar-refractivity contribution in [3.8, 4) is 11.6 Å². The summed E-state index contributed by atoms with van der Waals surface area (Å²) in [4.78, 5) is 32.6. The third kappa shape index (κ3) is 5.64. The van der Waals surface area contributed by atoms with Gasteiger partial charge in [-0.05, 0) is 38.1 Å². The van der Waals surface area contributed by atoms with Crippen molar-refractivity contribution < 1.29 is 23.7 Å². The maximum absolute atomic E-state index is 11.4. The summed E-state index contributed by atoms with van der Waals surface area (Å²) in [5.74, 6) is -0.0641. The molecule has 0 fully saturated rings. The number of benzene rings is 2. The van der Waals surface area contributed by atoms with Crippen molar-refractivity contribution in [2.45, 2.75) is 20.3 Å². The first-order valence-corrected chi connectivity index (χ1v) is 10.4. The van der Waals surface area contributed by atoms with E-state index in [1.54, 1.807) is 31.2 Å². The van der Waals surface area contributed by atoms with Crippen LogP contribution >= 0.6 is 7.82 Å².